The van der Waals surface area contributed by atoms with Crippen molar-refractivity contribution in [2.45, 2.75) is 63.1 Å². The summed E-state index contributed by atoms with van der Waals surface area (Å²) in [7, 11) is -3.68. The van der Waals surface area contributed by atoms with Crippen LogP contribution in [-0.4, -0.2) is 47.9 Å². The third-order valence-corrected chi connectivity index (χ3v) is 5.58. The third-order valence-electron chi connectivity index (χ3n) is 3.80. The monoisotopic (exact) mass is 368 g/mol. The predicted molar refractivity (Wildman–Crippen MR) is 92.8 cm³/mol. The van der Waals surface area contributed by atoms with Gasteiger partial charge in [0.25, 0.3) is 5.91 Å². The number of nitrogens with one attached hydrogen (secondary N) is 1. The summed E-state index contributed by atoms with van der Waals surface area (Å²) in [5.74, 6) is -1.46. The molecule has 0 radical (unpaired) electrons. The summed E-state index contributed by atoms with van der Waals surface area (Å²) in [5.41, 5.74) is -0.345. The Balaban J connectivity index is 2.24. The maximum Gasteiger partial charge on any atom is 0.326 e. The van der Waals surface area contributed by atoms with Gasteiger partial charge in [-0.3, -0.25) is 4.79 Å². The molecule has 1 aliphatic carbocycles. The smallest absolute Gasteiger partial charge is 0.326 e. The van der Waals surface area contributed by atoms with Crippen LogP contribution in [0.5, 0.6) is 0 Å². The zero-order valence-electron chi connectivity index (χ0n) is 14.8. The number of sulfonamides is 1. The minimum Gasteiger partial charge on any atom is -0.480 e. The average Bonchev–Trinajstić information content (AvgIpc) is 3.29. The Labute approximate surface area is 148 Å². The number of hydrogen-bond donors (Lipinski definition) is 2. The number of carbonyl (C=O) groups is 2. The molecule has 138 valence electrons. The van der Waals surface area contributed by atoms with Crippen molar-refractivity contribution in [3.8, 4) is 0 Å². The largest absolute Gasteiger partial charge is 0.480 e. The van der Waals surface area contributed by atoms with Crippen LogP contribution in [0.1, 0.15) is 50.9 Å². The van der Waals surface area contributed by atoms with Gasteiger partial charge in [0.2, 0.25) is 10.0 Å². The zero-order valence-corrected chi connectivity index (χ0v) is 15.6. The van der Waals surface area contributed by atoms with E-state index in [0.29, 0.717) is 0 Å². The molecule has 0 spiro atoms. The number of rotatable bonds is 6. The average molecular weight is 368 g/mol. The Hall–Kier alpha value is -1.93. The van der Waals surface area contributed by atoms with Gasteiger partial charge < -0.3 is 10.0 Å². The molecule has 0 aromatic heterocycles. The van der Waals surface area contributed by atoms with Crippen LogP contribution in [0.4, 0.5) is 0 Å². The van der Waals surface area contributed by atoms with Gasteiger partial charge >= 0.3 is 5.97 Å². The summed E-state index contributed by atoms with van der Waals surface area (Å²) in [4.78, 5) is 25.3. The second kappa shape index (κ2) is 6.76. The second-order valence-corrected chi connectivity index (χ2v) is 9.02. The van der Waals surface area contributed by atoms with Crippen LogP contribution in [0.15, 0.2) is 29.2 Å². The summed E-state index contributed by atoms with van der Waals surface area (Å²) in [6.45, 7) is 6.69. The Bertz CT molecular complexity index is 761. The number of carbonyl (C=O) groups excluding carboxylic acids is 1. The van der Waals surface area contributed by atoms with Gasteiger partial charge in [0.05, 0.1) is 4.90 Å². The zero-order chi connectivity index (χ0) is 19.0. The topological polar surface area (TPSA) is 104 Å². The van der Waals surface area contributed by atoms with E-state index in [9.17, 15) is 23.1 Å². The summed E-state index contributed by atoms with van der Waals surface area (Å²) in [6.07, 6.45) is 1.57. The van der Waals surface area contributed by atoms with Crippen LogP contribution in [-0.2, 0) is 14.8 Å². The fourth-order valence-corrected chi connectivity index (χ4v) is 3.94. The van der Waals surface area contributed by atoms with E-state index in [0.717, 1.165) is 12.8 Å². The van der Waals surface area contributed by atoms with E-state index in [1.165, 1.54) is 36.1 Å². The van der Waals surface area contributed by atoms with E-state index in [2.05, 4.69) is 4.72 Å². The lowest BCUT2D eigenvalue weighted by atomic mass is 10.1. The first kappa shape index (κ1) is 19.4. The van der Waals surface area contributed by atoms with Gasteiger partial charge in [-0.25, -0.2) is 17.9 Å². The maximum atomic E-state index is 12.7. The van der Waals surface area contributed by atoms with E-state index in [-0.39, 0.29) is 16.5 Å². The first-order valence-corrected chi connectivity index (χ1v) is 9.60. The van der Waals surface area contributed by atoms with Crippen LogP contribution in [0, 0.1) is 0 Å². The number of amides is 1. The SMILES string of the molecule is CC(C(=O)O)N(C(=O)c1ccc(S(=O)(=O)NC(C)(C)C)cc1)C1CC1. The van der Waals surface area contributed by atoms with Gasteiger partial charge in [0.15, 0.2) is 0 Å². The van der Waals surface area contributed by atoms with Crippen molar-refractivity contribution in [3.05, 3.63) is 29.8 Å². The molecule has 25 heavy (non-hydrogen) atoms. The molecule has 1 aromatic rings. The highest BCUT2D eigenvalue weighted by atomic mass is 32.2. The van der Waals surface area contributed by atoms with Crippen molar-refractivity contribution >= 4 is 21.9 Å². The molecule has 0 aliphatic heterocycles. The summed E-state index contributed by atoms with van der Waals surface area (Å²) < 4.78 is 27.1. The molecule has 1 saturated carbocycles. The highest BCUT2D eigenvalue weighted by Gasteiger charge is 2.38. The molecule has 1 fully saturated rings. The van der Waals surface area contributed by atoms with E-state index in [4.69, 9.17) is 0 Å². The molecule has 7 nitrogen and oxygen atoms in total. The molecular weight excluding hydrogens is 344 g/mol. The van der Waals surface area contributed by atoms with E-state index in [1.807, 2.05) is 0 Å². The number of aliphatic carboxylic acids is 1. The minimum absolute atomic E-state index is 0.0585. The standard InChI is InChI=1S/C17H24N2O5S/c1-11(16(21)22)19(13-7-8-13)15(20)12-5-9-14(10-6-12)25(23,24)18-17(2,3)4/h5-6,9-11,13,18H,7-8H2,1-4H3,(H,21,22). The maximum absolute atomic E-state index is 12.7. The summed E-state index contributed by atoms with van der Waals surface area (Å²) >= 11 is 0. The fourth-order valence-electron chi connectivity index (χ4n) is 2.52. The van der Waals surface area contributed by atoms with E-state index >= 15 is 0 Å². The molecule has 1 unspecified atom stereocenters. The molecule has 0 saturated heterocycles. The molecule has 8 heteroatoms. The van der Waals surface area contributed by atoms with Crippen molar-refractivity contribution in [1.82, 2.24) is 9.62 Å². The van der Waals surface area contributed by atoms with Crippen LogP contribution < -0.4 is 4.72 Å². The molecule has 1 aromatic carbocycles. The van der Waals surface area contributed by atoms with Crippen molar-refractivity contribution in [1.29, 1.82) is 0 Å². The highest BCUT2D eigenvalue weighted by Crippen LogP contribution is 2.30. The lowest BCUT2D eigenvalue weighted by molar-refractivity contribution is -0.141. The van der Waals surface area contributed by atoms with E-state index < -0.39 is 33.5 Å². The Morgan fingerprint density at radius 1 is 1.20 bits per heavy atom. The fraction of sp³-hybridized carbons (Fsp3) is 0.529. The number of benzene rings is 1. The van der Waals surface area contributed by atoms with Gasteiger partial charge in [-0.15, -0.1) is 0 Å². The van der Waals surface area contributed by atoms with Crippen molar-refractivity contribution in [2.75, 3.05) is 0 Å². The summed E-state index contributed by atoms with van der Waals surface area (Å²) in [6, 6.07) is 4.57. The Kier molecular flexibility index (Phi) is 5.24. The van der Waals surface area contributed by atoms with Crippen LogP contribution in [0.25, 0.3) is 0 Å². The molecule has 1 aliphatic rings. The van der Waals surface area contributed by atoms with Gasteiger partial charge in [-0.1, -0.05) is 0 Å². The molecule has 2 N–H and O–H groups in total. The second-order valence-electron chi connectivity index (χ2n) is 7.34. The normalized spacial score (nSPS) is 16.3. The van der Waals surface area contributed by atoms with Gasteiger partial charge in [0, 0.05) is 17.1 Å². The molecule has 0 heterocycles. The Morgan fingerprint density at radius 3 is 2.12 bits per heavy atom. The lowest BCUT2D eigenvalue weighted by Crippen LogP contribution is -2.44. The molecule has 2 rings (SSSR count). The van der Waals surface area contributed by atoms with Gasteiger partial charge in [0.1, 0.15) is 6.04 Å². The number of carboxylic acid groups (broad SMARTS) is 1. The van der Waals surface area contributed by atoms with Crippen LogP contribution in [0.2, 0.25) is 0 Å². The van der Waals surface area contributed by atoms with Crippen LogP contribution in [0.3, 0.4) is 0 Å². The van der Waals surface area contributed by atoms with Crippen molar-refractivity contribution < 1.29 is 23.1 Å². The molecule has 1 amide bonds. The first-order chi connectivity index (χ1) is 11.4. The number of hydrogen-bond acceptors (Lipinski definition) is 4. The minimum atomic E-state index is -3.68. The van der Waals surface area contributed by atoms with E-state index in [1.54, 1.807) is 20.8 Å². The molecular formula is C17H24N2O5S. The van der Waals surface area contributed by atoms with Crippen molar-refractivity contribution in [2.24, 2.45) is 0 Å². The van der Waals surface area contributed by atoms with Gasteiger partial charge in [-0.05, 0) is 64.8 Å². The van der Waals surface area contributed by atoms with Crippen LogP contribution >= 0.6 is 0 Å². The molecule has 0 bridgehead atoms. The first-order valence-electron chi connectivity index (χ1n) is 8.12. The third kappa shape index (κ3) is 4.79. The Morgan fingerprint density at radius 2 is 1.72 bits per heavy atom. The predicted octanol–water partition coefficient (Wildman–Crippen LogP) is 1.84. The van der Waals surface area contributed by atoms with Crippen molar-refractivity contribution in [3.63, 3.8) is 0 Å². The number of nitrogens with zero attached hydrogens (tertiary/aromatic N) is 1. The number of carboxylic acids is 1. The molecule has 1 atom stereocenters. The lowest BCUT2D eigenvalue weighted by Gasteiger charge is -2.26. The van der Waals surface area contributed by atoms with Gasteiger partial charge in [-0.2, -0.15) is 0 Å². The summed E-state index contributed by atoms with van der Waals surface area (Å²) in [5, 5.41) is 9.20. The quantitative estimate of drug-likeness (QED) is 0.797. The highest BCUT2D eigenvalue weighted by molar-refractivity contribution is 7.89.